The Morgan fingerprint density at radius 1 is 1.00 bits per heavy atom. The number of rotatable bonds is 7. The Kier molecular flexibility index (Phi) is 7.26. The predicted octanol–water partition coefficient (Wildman–Crippen LogP) is 1.66. The summed E-state index contributed by atoms with van der Waals surface area (Å²) in [4.78, 5) is 35.0. The van der Waals surface area contributed by atoms with Gasteiger partial charge in [-0.05, 0) is 30.9 Å². The van der Waals surface area contributed by atoms with Crippen LogP contribution in [0.2, 0.25) is 0 Å². The SMILES string of the molecule is O=C(COC(=O)CNC(=O)c1ccccc1)NCC1CCCCC1. The first kappa shape index (κ1) is 18.0. The van der Waals surface area contributed by atoms with Gasteiger partial charge in [0.05, 0.1) is 0 Å². The van der Waals surface area contributed by atoms with Gasteiger partial charge in [-0.3, -0.25) is 14.4 Å². The summed E-state index contributed by atoms with van der Waals surface area (Å²) in [6, 6.07) is 8.59. The summed E-state index contributed by atoms with van der Waals surface area (Å²) in [6.07, 6.45) is 6.00. The maximum atomic E-state index is 11.8. The second-order valence-electron chi connectivity index (χ2n) is 6.02. The van der Waals surface area contributed by atoms with Gasteiger partial charge < -0.3 is 15.4 Å². The smallest absolute Gasteiger partial charge is 0.325 e. The van der Waals surface area contributed by atoms with E-state index in [-0.39, 0.29) is 25.0 Å². The van der Waals surface area contributed by atoms with Gasteiger partial charge in [0.25, 0.3) is 11.8 Å². The zero-order valence-corrected chi connectivity index (χ0v) is 13.8. The molecule has 0 saturated heterocycles. The van der Waals surface area contributed by atoms with Crippen molar-refractivity contribution >= 4 is 17.8 Å². The highest BCUT2D eigenvalue weighted by Gasteiger charge is 2.15. The average Bonchev–Trinajstić information content (AvgIpc) is 2.64. The van der Waals surface area contributed by atoms with Gasteiger partial charge in [-0.25, -0.2) is 0 Å². The van der Waals surface area contributed by atoms with Crippen molar-refractivity contribution < 1.29 is 19.1 Å². The van der Waals surface area contributed by atoms with Crippen LogP contribution in [0.1, 0.15) is 42.5 Å². The van der Waals surface area contributed by atoms with Gasteiger partial charge in [-0.15, -0.1) is 0 Å². The topological polar surface area (TPSA) is 84.5 Å². The Hall–Kier alpha value is -2.37. The van der Waals surface area contributed by atoms with Crippen LogP contribution >= 0.6 is 0 Å². The number of hydrogen-bond donors (Lipinski definition) is 2. The van der Waals surface area contributed by atoms with E-state index in [1.165, 1.54) is 19.3 Å². The van der Waals surface area contributed by atoms with Crippen molar-refractivity contribution in [2.24, 2.45) is 5.92 Å². The van der Waals surface area contributed by atoms with E-state index < -0.39 is 5.97 Å². The van der Waals surface area contributed by atoms with E-state index >= 15 is 0 Å². The number of amides is 2. The second-order valence-corrected chi connectivity index (χ2v) is 6.02. The highest BCUT2D eigenvalue weighted by atomic mass is 16.5. The predicted molar refractivity (Wildman–Crippen MR) is 89.3 cm³/mol. The quantitative estimate of drug-likeness (QED) is 0.744. The summed E-state index contributed by atoms with van der Waals surface area (Å²) in [6.45, 7) is 0.0670. The number of benzene rings is 1. The van der Waals surface area contributed by atoms with Gasteiger partial charge >= 0.3 is 5.97 Å². The molecule has 6 heteroatoms. The molecule has 1 aromatic rings. The molecule has 2 rings (SSSR count). The van der Waals surface area contributed by atoms with Crippen LogP contribution in [0.3, 0.4) is 0 Å². The summed E-state index contributed by atoms with van der Waals surface area (Å²) < 4.78 is 4.86. The molecule has 24 heavy (non-hydrogen) atoms. The molecular weight excluding hydrogens is 308 g/mol. The molecule has 130 valence electrons. The maximum Gasteiger partial charge on any atom is 0.325 e. The third-order valence-electron chi connectivity index (χ3n) is 4.11. The van der Waals surface area contributed by atoms with Crippen LogP contribution < -0.4 is 10.6 Å². The first-order valence-electron chi connectivity index (χ1n) is 8.40. The first-order chi connectivity index (χ1) is 11.6. The van der Waals surface area contributed by atoms with Crippen molar-refractivity contribution in [1.82, 2.24) is 10.6 Å². The van der Waals surface area contributed by atoms with E-state index in [9.17, 15) is 14.4 Å². The molecule has 0 aliphatic heterocycles. The van der Waals surface area contributed by atoms with E-state index in [1.54, 1.807) is 30.3 Å². The summed E-state index contributed by atoms with van der Waals surface area (Å²) in [7, 11) is 0. The maximum absolute atomic E-state index is 11.8. The molecule has 1 aliphatic carbocycles. The third-order valence-corrected chi connectivity index (χ3v) is 4.11. The normalized spacial score (nSPS) is 14.7. The highest BCUT2D eigenvalue weighted by molar-refractivity contribution is 5.96. The molecule has 1 aliphatic rings. The summed E-state index contributed by atoms with van der Waals surface area (Å²) in [5.74, 6) is -0.756. The van der Waals surface area contributed by atoms with Gasteiger partial charge in [-0.1, -0.05) is 37.5 Å². The minimum absolute atomic E-state index is 0.260. The summed E-state index contributed by atoms with van der Waals surface area (Å²) in [5.41, 5.74) is 0.468. The Morgan fingerprint density at radius 3 is 2.42 bits per heavy atom. The van der Waals surface area contributed by atoms with E-state index in [1.807, 2.05) is 0 Å². The Morgan fingerprint density at radius 2 is 1.71 bits per heavy atom. The molecule has 1 fully saturated rings. The van der Waals surface area contributed by atoms with Gasteiger partial charge in [0.2, 0.25) is 0 Å². The first-order valence-corrected chi connectivity index (χ1v) is 8.40. The molecule has 0 heterocycles. The van der Waals surface area contributed by atoms with Crippen LogP contribution in [0.15, 0.2) is 30.3 Å². The van der Waals surface area contributed by atoms with E-state index in [0.29, 0.717) is 18.0 Å². The number of ether oxygens (including phenoxy) is 1. The van der Waals surface area contributed by atoms with Crippen LogP contribution in [0, 0.1) is 5.92 Å². The molecule has 1 aromatic carbocycles. The largest absolute Gasteiger partial charge is 0.454 e. The zero-order valence-electron chi connectivity index (χ0n) is 13.8. The number of hydrogen-bond acceptors (Lipinski definition) is 4. The highest BCUT2D eigenvalue weighted by Crippen LogP contribution is 2.22. The average molecular weight is 332 g/mol. The Balaban J connectivity index is 1.58. The molecule has 2 N–H and O–H groups in total. The molecule has 0 radical (unpaired) electrons. The molecule has 0 unspecified atom stereocenters. The fourth-order valence-corrected chi connectivity index (χ4v) is 2.74. The van der Waals surface area contributed by atoms with Crippen LogP contribution in [0.4, 0.5) is 0 Å². The molecule has 2 amide bonds. The van der Waals surface area contributed by atoms with Crippen molar-refractivity contribution in [1.29, 1.82) is 0 Å². The van der Waals surface area contributed by atoms with Gasteiger partial charge in [0.1, 0.15) is 6.54 Å². The molecular formula is C18H24N2O4. The van der Waals surface area contributed by atoms with Crippen molar-refractivity contribution in [3.8, 4) is 0 Å². The lowest BCUT2D eigenvalue weighted by molar-refractivity contribution is -0.147. The van der Waals surface area contributed by atoms with Crippen LogP contribution in [-0.4, -0.2) is 37.5 Å². The summed E-state index contributed by atoms with van der Waals surface area (Å²) in [5, 5.41) is 5.26. The molecule has 0 bridgehead atoms. The van der Waals surface area contributed by atoms with E-state index in [0.717, 1.165) is 12.8 Å². The fraction of sp³-hybridized carbons (Fsp3) is 0.500. The lowest BCUT2D eigenvalue weighted by atomic mass is 9.89. The van der Waals surface area contributed by atoms with Gasteiger partial charge in [0.15, 0.2) is 6.61 Å². The molecule has 6 nitrogen and oxygen atoms in total. The Labute approximate surface area is 142 Å². The Bertz CT molecular complexity index is 553. The van der Waals surface area contributed by atoms with Crippen molar-refractivity contribution in [3.63, 3.8) is 0 Å². The fourth-order valence-electron chi connectivity index (χ4n) is 2.74. The van der Waals surface area contributed by atoms with Crippen molar-refractivity contribution in [2.75, 3.05) is 19.7 Å². The summed E-state index contributed by atoms with van der Waals surface area (Å²) >= 11 is 0. The van der Waals surface area contributed by atoms with Crippen LogP contribution in [0.25, 0.3) is 0 Å². The minimum Gasteiger partial charge on any atom is -0.454 e. The lowest BCUT2D eigenvalue weighted by Crippen LogP contribution is -2.35. The zero-order chi connectivity index (χ0) is 17.2. The molecule has 0 spiro atoms. The third kappa shape index (κ3) is 6.40. The second kappa shape index (κ2) is 9.70. The number of carbonyl (C=O) groups excluding carboxylic acids is 3. The van der Waals surface area contributed by atoms with Crippen molar-refractivity contribution in [2.45, 2.75) is 32.1 Å². The number of nitrogens with one attached hydrogen (secondary N) is 2. The van der Waals surface area contributed by atoms with Crippen molar-refractivity contribution in [3.05, 3.63) is 35.9 Å². The van der Waals surface area contributed by atoms with Crippen LogP contribution in [-0.2, 0) is 14.3 Å². The number of carbonyl (C=O) groups is 3. The van der Waals surface area contributed by atoms with E-state index in [4.69, 9.17) is 4.74 Å². The monoisotopic (exact) mass is 332 g/mol. The molecule has 0 aromatic heterocycles. The van der Waals surface area contributed by atoms with Gasteiger partial charge in [-0.2, -0.15) is 0 Å². The molecule has 0 atom stereocenters. The molecule has 1 saturated carbocycles. The van der Waals surface area contributed by atoms with Crippen LogP contribution in [0.5, 0.6) is 0 Å². The number of esters is 1. The van der Waals surface area contributed by atoms with Gasteiger partial charge in [0, 0.05) is 12.1 Å². The van der Waals surface area contributed by atoms with E-state index in [2.05, 4.69) is 10.6 Å². The standard InChI is InChI=1S/C18H24N2O4/c21-16(19-11-14-7-3-1-4-8-14)13-24-17(22)12-20-18(23)15-9-5-2-6-10-15/h2,5-6,9-10,14H,1,3-4,7-8,11-13H2,(H,19,21)(H,20,23). The lowest BCUT2D eigenvalue weighted by Gasteiger charge is -2.21. The minimum atomic E-state index is -0.632.